The van der Waals surface area contributed by atoms with Crippen molar-refractivity contribution in [2.45, 2.75) is 0 Å². The van der Waals surface area contributed by atoms with Gasteiger partial charge in [0.2, 0.25) is 0 Å². The van der Waals surface area contributed by atoms with Gasteiger partial charge in [0.25, 0.3) is 0 Å². The van der Waals surface area contributed by atoms with Crippen molar-refractivity contribution in [3.05, 3.63) is 24.5 Å². The van der Waals surface area contributed by atoms with Gasteiger partial charge in [-0.3, -0.25) is 0 Å². The molecule has 0 atom stereocenters. The van der Waals surface area contributed by atoms with Gasteiger partial charge < -0.3 is 9.88 Å². The molecule has 0 saturated heterocycles. The molecular formula is C6H8N2S. The zero-order valence-corrected chi connectivity index (χ0v) is 5.98. The molecule has 0 aromatic carbocycles. The summed E-state index contributed by atoms with van der Waals surface area (Å²) in [7, 11) is 1.81. The van der Waals surface area contributed by atoms with Crippen molar-refractivity contribution in [2.75, 3.05) is 7.05 Å². The number of nitrogens with zero attached hydrogens (tertiary/aromatic N) is 1. The lowest BCUT2D eigenvalue weighted by molar-refractivity contribution is 1.06. The van der Waals surface area contributed by atoms with Gasteiger partial charge in [0.1, 0.15) is 0 Å². The predicted octanol–water partition coefficient (Wildman–Crippen LogP) is 0.841. The van der Waals surface area contributed by atoms with E-state index < -0.39 is 0 Å². The van der Waals surface area contributed by atoms with Crippen LogP contribution in [0.1, 0.15) is 0 Å². The van der Waals surface area contributed by atoms with E-state index >= 15 is 0 Å². The van der Waals surface area contributed by atoms with Crippen molar-refractivity contribution < 1.29 is 0 Å². The molecule has 9 heavy (non-hydrogen) atoms. The Labute approximate surface area is 59.5 Å². The Morgan fingerprint density at radius 3 is 2.44 bits per heavy atom. The van der Waals surface area contributed by atoms with E-state index in [4.69, 9.17) is 12.2 Å². The highest BCUT2D eigenvalue weighted by atomic mass is 32.1. The van der Waals surface area contributed by atoms with Crippen LogP contribution in [0.5, 0.6) is 0 Å². The third-order valence-electron chi connectivity index (χ3n) is 1.05. The van der Waals surface area contributed by atoms with Gasteiger partial charge >= 0.3 is 0 Å². The van der Waals surface area contributed by atoms with E-state index in [0.29, 0.717) is 0 Å². The summed E-state index contributed by atoms with van der Waals surface area (Å²) in [6.07, 6.45) is 3.80. The number of thiocarbonyl (C=S) groups is 1. The van der Waals surface area contributed by atoms with Gasteiger partial charge in [-0.05, 0) is 24.4 Å². The normalized spacial score (nSPS) is 9.00. The first kappa shape index (κ1) is 6.29. The molecule has 0 saturated carbocycles. The van der Waals surface area contributed by atoms with E-state index in [1.165, 1.54) is 0 Å². The molecule has 1 rings (SSSR count). The van der Waals surface area contributed by atoms with Crippen LogP contribution in [0, 0.1) is 0 Å². The second-order valence-corrected chi connectivity index (χ2v) is 2.03. The van der Waals surface area contributed by atoms with Crippen LogP contribution < -0.4 is 5.32 Å². The molecule has 48 valence electrons. The Morgan fingerprint density at radius 2 is 2.00 bits per heavy atom. The lowest BCUT2D eigenvalue weighted by Gasteiger charge is -2.00. The molecule has 1 aromatic heterocycles. The van der Waals surface area contributed by atoms with Crippen molar-refractivity contribution in [1.29, 1.82) is 0 Å². The second kappa shape index (κ2) is 2.64. The molecule has 2 nitrogen and oxygen atoms in total. The highest BCUT2D eigenvalue weighted by Gasteiger charge is 1.89. The molecule has 0 amide bonds. The van der Waals surface area contributed by atoms with Crippen LogP contribution in [-0.2, 0) is 0 Å². The number of rotatable bonds is 0. The highest BCUT2D eigenvalue weighted by Crippen LogP contribution is 1.87. The van der Waals surface area contributed by atoms with Crippen LogP contribution >= 0.6 is 12.2 Å². The molecule has 1 N–H and O–H groups in total. The minimum Gasteiger partial charge on any atom is -0.365 e. The Bertz CT molecular complexity index is 191. The number of hydrogen-bond acceptors (Lipinski definition) is 1. The molecule has 0 aliphatic rings. The van der Waals surface area contributed by atoms with Gasteiger partial charge in [0.05, 0.1) is 0 Å². The second-order valence-electron chi connectivity index (χ2n) is 1.65. The molecule has 1 aromatic rings. The maximum absolute atomic E-state index is 4.93. The third kappa shape index (κ3) is 1.29. The van der Waals surface area contributed by atoms with E-state index in [0.717, 1.165) is 5.11 Å². The summed E-state index contributed by atoms with van der Waals surface area (Å²) in [6.45, 7) is 0. The largest absolute Gasteiger partial charge is 0.365 e. The summed E-state index contributed by atoms with van der Waals surface area (Å²) < 4.78 is 1.84. The average Bonchev–Trinajstić information content (AvgIpc) is 2.37. The topological polar surface area (TPSA) is 17.0 Å². The first-order chi connectivity index (χ1) is 4.34. The molecule has 1 heterocycles. The lowest BCUT2D eigenvalue weighted by atomic mass is 10.7. The van der Waals surface area contributed by atoms with Gasteiger partial charge in [-0.2, -0.15) is 0 Å². The Hall–Kier alpha value is -0.830. The fraction of sp³-hybridized carbons (Fsp3) is 0.167. The van der Waals surface area contributed by atoms with Gasteiger partial charge in [0.15, 0.2) is 5.11 Å². The number of nitrogens with one attached hydrogen (secondary N) is 1. The Balaban J connectivity index is 2.77. The molecule has 0 aliphatic carbocycles. The summed E-state index contributed by atoms with van der Waals surface area (Å²) in [4.78, 5) is 0. The predicted molar refractivity (Wildman–Crippen MR) is 41.5 cm³/mol. The molecule has 0 spiro atoms. The zero-order chi connectivity index (χ0) is 6.69. The molecule has 0 unspecified atom stereocenters. The van der Waals surface area contributed by atoms with Crippen molar-refractivity contribution in [3.63, 3.8) is 0 Å². The lowest BCUT2D eigenvalue weighted by Crippen LogP contribution is -2.22. The highest BCUT2D eigenvalue weighted by molar-refractivity contribution is 7.80. The zero-order valence-electron chi connectivity index (χ0n) is 5.16. The molecule has 0 aliphatic heterocycles. The summed E-state index contributed by atoms with van der Waals surface area (Å²) >= 11 is 4.93. The fourth-order valence-electron chi connectivity index (χ4n) is 0.599. The third-order valence-corrected chi connectivity index (χ3v) is 1.47. The molecular weight excluding hydrogens is 132 g/mol. The monoisotopic (exact) mass is 140 g/mol. The van der Waals surface area contributed by atoms with Crippen molar-refractivity contribution in [2.24, 2.45) is 0 Å². The average molecular weight is 140 g/mol. The SMILES string of the molecule is CNC(=S)n1cccc1. The minimum atomic E-state index is 0.722. The van der Waals surface area contributed by atoms with Crippen LogP contribution in [0.2, 0.25) is 0 Å². The van der Waals surface area contributed by atoms with Crippen molar-refractivity contribution in [3.8, 4) is 0 Å². The van der Waals surface area contributed by atoms with E-state index in [1.807, 2.05) is 36.1 Å². The molecule has 0 radical (unpaired) electrons. The van der Waals surface area contributed by atoms with Gasteiger partial charge in [-0.25, -0.2) is 0 Å². The fourth-order valence-corrected chi connectivity index (χ4v) is 0.721. The number of hydrogen-bond donors (Lipinski definition) is 1. The van der Waals surface area contributed by atoms with E-state index in [1.54, 1.807) is 0 Å². The van der Waals surface area contributed by atoms with Crippen molar-refractivity contribution >= 4 is 17.3 Å². The molecule has 0 bridgehead atoms. The van der Waals surface area contributed by atoms with E-state index in [9.17, 15) is 0 Å². The van der Waals surface area contributed by atoms with E-state index in [2.05, 4.69) is 5.32 Å². The maximum atomic E-state index is 4.93. The Kier molecular flexibility index (Phi) is 1.85. The first-order valence-electron chi connectivity index (χ1n) is 2.69. The minimum absolute atomic E-state index is 0.722. The first-order valence-corrected chi connectivity index (χ1v) is 3.10. The summed E-state index contributed by atoms with van der Waals surface area (Å²) in [5.74, 6) is 0. The van der Waals surface area contributed by atoms with Crippen molar-refractivity contribution in [1.82, 2.24) is 9.88 Å². The van der Waals surface area contributed by atoms with Gasteiger partial charge in [-0.1, -0.05) is 0 Å². The van der Waals surface area contributed by atoms with Crippen LogP contribution in [0.25, 0.3) is 0 Å². The van der Waals surface area contributed by atoms with Crippen LogP contribution in [0.15, 0.2) is 24.5 Å². The molecule has 3 heteroatoms. The summed E-state index contributed by atoms with van der Waals surface area (Å²) in [5, 5.41) is 3.58. The summed E-state index contributed by atoms with van der Waals surface area (Å²) in [6, 6.07) is 3.87. The summed E-state index contributed by atoms with van der Waals surface area (Å²) in [5.41, 5.74) is 0. The maximum Gasteiger partial charge on any atom is 0.176 e. The van der Waals surface area contributed by atoms with E-state index in [-0.39, 0.29) is 0 Å². The van der Waals surface area contributed by atoms with Gasteiger partial charge in [-0.15, -0.1) is 0 Å². The van der Waals surface area contributed by atoms with Crippen LogP contribution in [0.3, 0.4) is 0 Å². The standard InChI is InChI=1S/C6H8N2S/c1-7-6(9)8-4-2-3-5-8/h2-5H,1H3,(H,7,9). The molecule has 0 fully saturated rings. The van der Waals surface area contributed by atoms with Gasteiger partial charge in [0, 0.05) is 19.4 Å². The quantitative estimate of drug-likeness (QED) is 0.538. The Morgan fingerprint density at radius 1 is 1.44 bits per heavy atom. The smallest absolute Gasteiger partial charge is 0.176 e. The van der Waals surface area contributed by atoms with Crippen LogP contribution in [0.4, 0.5) is 0 Å². The number of aromatic nitrogens is 1. The van der Waals surface area contributed by atoms with Crippen LogP contribution in [-0.4, -0.2) is 16.7 Å².